The Balaban J connectivity index is 1.30. The Morgan fingerprint density at radius 3 is 2.84 bits per heavy atom. The Labute approximate surface area is 178 Å². The molecule has 0 aliphatic carbocycles. The van der Waals surface area contributed by atoms with Crippen LogP contribution in [0.3, 0.4) is 0 Å². The lowest BCUT2D eigenvalue weighted by Crippen LogP contribution is -2.50. The largest absolute Gasteiger partial charge is 0.336 e. The average Bonchev–Trinajstić information content (AvgIpc) is 3.39. The number of piperazine rings is 1. The van der Waals surface area contributed by atoms with Crippen LogP contribution in [0.25, 0.3) is 11.3 Å². The van der Waals surface area contributed by atoms with Crippen LogP contribution < -0.4 is 15.5 Å². The Morgan fingerprint density at radius 2 is 2.06 bits per heavy atom. The van der Waals surface area contributed by atoms with E-state index in [0.717, 1.165) is 50.3 Å². The number of aromatic nitrogens is 5. The fourth-order valence-corrected chi connectivity index (χ4v) is 4.10. The van der Waals surface area contributed by atoms with Crippen LogP contribution in [0, 0.1) is 5.95 Å². The normalized spacial score (nSPS) is 18.1. The van der Waals surface area contributed by atoms with Crippen LogP contribution in [0.1, 0.15) is 29.4 Å². The second kappa shape index (κ2) is 8.03. The summed E-state index contributed by atoms with van der Waals surface area (Å²) >= 11 is 0. The zero-order chi connectivity index (χ0) is 21.4. The molecular formula is C21H23FN8O. The van der Waals surface area contributed by atoms with Crippen molar-refractivity contribution in [3.8, 4) is 11.3 Å². The molecule has 10 heteroatoms. The molecule has 0 radical (unpaired) electrons. The SMILES string of the molecule is C[C@H]1CNCCN1c1ncc(NC(=O)c2ccc(-c3cnn4c3CCC4)nc2F)cn1. The van der Waals surface area contributed by atoms with Crippen molar-refractivity contribution in [1.29, 1.82) is 0 Å². The predicted molar refractivity (Wildman–Crippen MR) is 113 cm³/mol. The number of pyridine rings is 1. The Bertz CT molecular complexity index is 1110. The van der Waals surface area contributed by atoms with Crippen molar-refractivity contribution in [1.82, 2.24) is 30.0 Å². The molecule has 9 nitrogen and oxygen atoms in total. The van der Waals surface area contributed by atoms with Crippen molar-refractivity contribution in [3.63, 3.8) is 0 Å². The molecule has 0 saturated carbocycles. The molecule has 2 aliphatic rings. The summed E-state index contributed by atoms with van der Waals surface area (Å²) in [5.74, 6) is -0.804. The summed E-state index contributed by atoms with van der Waals surface area (Å²) in [5.41, 5.74) is 2.62. The van der Waals surface area contributed by atoms with E-state index < -0.39 is 11.9 Å². The van der Waals surface area contributed by atoms with Gasteiger partial charge >= 0.3 is 0 Å². The highest BCUT2D eigenvalue weighted by Gasteiger charge is 2.22. The highest BCUT2D eigenvalue weighted by atomic mass is 19.1. The van der Waals surface area contributed by atoms with E-state index in [2.05, 4.69) is 42.5 Å². The van der Waals surface area contributed by atoms with Gasteiger partial charge in [-0.3, -0.25) is 9.48 Å². The maximum atomic E-state index is 14.7. The summed E-state index contributed by atoms with van der Waals surface area (Å²) in [4.78, 5) is 27.4. The predicted octanol–water partition coefficient (Wildman–Crippen LogP) is 1.87. The van der Waals surface area contributed by atoms with Crippen LogP contribution in [0.4, 0.5) is 16.0 Å². The molecule has 1 saturated heterocycles. The molecular weight excluding hydrogens is 399 g/mol. The van der Waals surface area contributed by atoms with E-state index in [-0.39, 0.29) is 11.6 Å². The average molecular weight is 422 g/mol. The zero-order valence-corrected chi connectivity index (χ0v) is 17.2. The minimum absolute atomic E-state index is 0.132. The summed E-state index contributed by atoms with van der Waals surface area (Å²) in [6, 6.07) is 3.38. The number of nitrogens with zero attached hydrogens (tertiary/aromatic N) is 6. The summed E-state index contributed by atoms with van der Waals surface area (Å²) in [5, 5.41) is 10.3. The Morgan fingerprint density at radius 1 is 1.23 bits per heavy atom. The Hall–Kier alpha value is -3.40. The molecule has 5 heterocycles. The minimum atomic E-state index is -0.819. The monoisotopic (exact) mass is 422 g/mol. The highest BCUT2D eigenvalue weighted by molar-refractivity contribution is 6.04. The summed E-state index contributed by atoms with van der Waals surface area (Å²) in [6.07, 6.45) is 6.68. The van der Waals surface area contributed by atoms with E-state index in [4.69, 9.17) is 0 Å². The van der Waals surface area contributed by atoms with Gasteiger partial charge in [-0.1, -0.05) is 0 Å². The summed E-state index contributed by atoms with van der Waals surface area (Å²) < 4.78 is 16.6. The van der Waals surface area contributed by atoms with Gasteiger partial charge in [0.2, 0.25) is 11.9 Å². The van der Waals surface area contributed by atoms with Crippen LogP contribution >= 0.6 is 0 Å². The lowest BCUT2D eigenvalue weighted by molar-refractivity contribution is 0.102. The third kappa shape index (κ3) is 3.74. The fraction of sp³-hybridized carbons (Fsp3) is 0.381. The van der Waals surface area contributed by atoms with Crippen LogP contribution in [0.15, 0.2) is 30.7 Å². The number of anilines is 2. The lowest BCUT2D eigenvalue weighted by atomic mass is 10.1. The topological polar surface area (TPSA) is 101 Å². The molecule has 2 aliphatic heterocycles. The number of rotatable bonds is 4. The van der Waals surface area contributed by atoms with E-state index in [1.165, 1.54) is 18.5 Å². The van der Waals surface area contributed by atoms with Gasteiger partial charge in [-0.15, -0.1) is 0 Å². The first-order valence-corrected chi connectivity index (χ1v) is 10.4. The van der Waals surface area contributed by atoms with Gasteiger partial charge in [-0.25, -0.2) is 15.0 Å². The van der Waals surface area contributed by atoms with Gasteiger partial charge < -0.3 is 15.5 Å². The van der Waals surface area contributed by atoms with Crippen LogP contribution in [-0.2, 0) is 13.0 Å². The van der Waals surface area contributed by atoms with Crippen molar-refractivity contribution >= 4 is 17.5 Å². The number of nitrogens with one attached hydrogen (secondary N) is 2. The third-order valence-electron chi connectivity index (χ3n) is 5.76. The lowest BCUT2D eigenvalue weighted by Gasteiger charge is -2.33. The number of hydrogen-bond acceptors (Lipinski definition) is 7. The van der Waals surface area contributed by atoms with Crippen LogP contribution in [0.2, 0.25) is 0 Å². The maximum Gasteiger partial charge on any atom is 0.260 e. The number of hydrogen-bond donors (Lipinski definition) is 2. The minimum Gasteiger partial charge on any atom is -0.336 e. The first-order chi connectivity index (χ1) is 15.1. The zero-order valence-electron chi connectivity index (χ0n) is 17.2. The molecule has 1 atom stereocenters. The van der Waals surface area contributed by atoms with Crippen LogP contribution in [0.5, 0.6) is 0 Å². The van der Waals surface area contributed by atoms with Gasteiger partial charge in [0.25, 0.3) is 5.91 Å². The molecule has 3 aromatic rings. The third-order valence-corrected chi connectivity index (χ3v) is 5.76. The molecule has 1 amide bonds. The molecule has 3 aromatic heterocycles. The second-order valence-corrected chi connectivity index (χ2v) is 7.84. The maximum absolute atomic E-state index is 14.7. The number of aryl methyl sites for hydroxylation is 1. The summed E-state index contributed by atoms with van der Waals surface area (Å²) in [6.45, 7) is 5.52. The molecule has 5 rings (SSSR count). The number of carbonyl (C=O) groups is 1. The molecule has 0 bridgehead atoms. The Kier molecular flexibility index (Phi) is 5.06. The van der Waals surface area contributed by atoms with E-state index >= 15 is 0 Å². The molecule has 0 spiro atoms. The number of fused-ring (bicyclic) bond motifs is 1. The standard InChI is InChI=1S/C21H23FN8O/c1-13-9-23-6-8-29(13)21-24-10-14(11-25-21)27-20(31)15-4-5-17(28-19(15)22)16-12-26-30-7-2-3-18(16)30/h4-5,10-13,23H,2-3,6-9H2,1H3,(H,27,31)/t13-/m0/s1. The number of carbonyl (C=O) groups excluding carboxylic acids is 1. The van der Waals surface area contributed by atoms with E-state index in [1.807, 2.05) is 4.68 Å². The van der Waals surface area contributed by atoms with Crippen molar-refractivity contribution < 1.29 is 9.18 Å². The number of amides is 1. The molecule has 160 valence electrons. The van der Waals surface area contributed by atoms with E-state index in [0.29, 0.717) is 17.3 Å². The van der Waals surface area contributed by atoms with Crippen LogP contribution in [-0.4, -0.2) is 56.3 Å². The number of halogens is 1. The van der Waals surface area contributed by atoms with E-state index in [9.17, 15) is 9.18 Å². The molecule has 2 N–H and O–H groups in total. The van der Waals surface area contributed by atoms with Crippen molar-refractivity contribution in [2.45, 2.75) is 32.4 Å². The van der Waals surface area contributed by atoms with Gasteiger partial charge in [0.15, 0.2) is 0 Å². The van der Waals surface area contributed by atoms with E-state index in [1.54, 1.807) is 12.3 Å². The molecule has 0 unspecified atom stereocenters. The van der Waals surface area contributed by atoms with Gasteiger partial charge in [-0.05, 0) is 31.9 Å². The van der Waals surface area contributed by atoms with Gasteiger partial charge in [0.05, 0.1) is 35.5 Å². The van der Waals surface area contributed by atoms with Crippen molar-refractivity contribution in [2.75, 3.05) is 29.9 Å². The quantitative estimate of drug-likeness (QED) is 0.619. The first-order valence-electron chi connectivity index (χ1n) is 10.4. The molecule has 0 aromatic carbocycles. The van der Waals surface area contributed by atoms with Gasteiger partial charge in [0, 0.05) is 43.5 Å². The molecule has 31 heavy (non-hydrogen) atoms. The van der Waals surface area contributed by atoms with Crippen molar-refractivity contribution in [2.24, 2.45) is 0 Å². The van der Waals surface area contributed by atoms with Gasteiger partial charge in [0.1, 0.15) is 0 Å². The van der Waals surface area contributed by atoms with Gasteiger partial charge in [-0.2, -0.15) is 9.49 Å². The van der Waals surface area contributed by atoms with Crippen molar-refractivity contribution in [3.05, 3.63) is 47.9 Å². The second-order valence-electron chi connectivity index (χ2n) is 7.84. The molecule has 1 fully saturated rings. The summed E-state index contributed by atoms with van der Waals surface area (Å²) in [7, 11) is 0. The fourth-order valence-electron chi connectivity index (χ4n) is 4.10. The highest BCUT2D eigenvalue weighted by Crippen LogP contribution is 2.27. The smallest absolute Gasteiger partial charge is 0.260 e. The first kappa shape index (κ1) is 19.6.